The van der Waals surface area contributed by atoms with Gasteiger partial charge < -0.3 is 4.74 Å². The topological polar surface area (TPSA) is 86.5 Å². The number of esters is 1. The van der Waals surface area contributed by atoms with Crippen LogP contribution in [0.2, 0.25) is 5.02 Å². The molecule has 0 heterocycles. The molecule has 0 bridgehead atoms. The van der Waals surface area contributed by atoms with E-state index in [9.17, 15) is 19.7 Å². The number of benzene rings is 2. The van der Waals surface area contributed by atoms with Crippen molar-refractivity contribution in [1.29, 1.82) is 0 Å². The zero-order chi connectivity index (χ0) is 17.0. The second kappa shape index (κ2) is 7.02. The summed E-state index contributed by atoms with van der Waals surface area (Å²) in [6.07, 6.45) is 0. The van der Waals surface area contributed by atoms with E-state index in [2.05, 4.69) is 0 Å². The number of hydrogen-bond acceptors (Lipinski definition) is 5. The van der Waals surface area contributed by atoms with Crippen molar-refractivity contribution in [1.82, 2.24) is 0 Å². The number of nitro groups is 1. The predicted octanol–water partition coefficient (Wildman–Crippen LogP) is 3.60. The summed E-state index contributed by atoms with van der Waals surface area (Å²) in [5.41, 5.74) is 0.171. The van der Waals surface area contributed by atoms with E-state index >= 15 is 0 Å². The number of Topliss-reactive ketones (excluding diaryl/α,β-unsaturated/α-hetero) is 1. The van der Waals surface area contributed by atoms with Crippen LogP contribution in [0.1, 0.15) is 26.3 Å². The molecule has 0 unspecified atom stereocenters. The Balaban J connectivity index is 2.11. The van der Waals surface area contributed by atoms with Crippen molar-refractivity contribution in [3.8, 4) is 0 Å². The standard InChI is InChI=1S/C16H12ClNO5/c1-10-3-2-4-13(15(10)18(21)22)16(20)23-9-14(19)11-5-7-12(17)8-6-11/h2-8H,9H2,1H3. The molecule has 23 heavy (non-hydrogen) atoms. The van der Waals surface area contributed by atoms with Crippen LogP contribution < -0.4 is 0 Å². The number of nitrogens with zero attached hydrogens (tertiary/aromatic N) is 1. The molecule has 0 spiro atoms. The lowest BCUT2D eigenvalue weighted by atomic mass is 10.1. The van der Waals surface area contributed by atoms with E-state index in [1.807, 2.05) is 0 Å². The maximum atomic E-state index is 12.0. The van der Waals surface area contributed by atoms with Gasteiger partial charge >= 0.3 is 5.97 Å². The molecule has 0 fully saturated rings. The van der Waals surface area contributed by atoms with Crippen LogP contribution in [0, 0.1) is 17.0 Å². The number of carbonyl (C=O) groups excluding carboxylic acids is 2. The summed E-state index contributed by atoms with van der Waals surface area (Å²) in [4.78, 5) is 34.3. The summed E-state index contributed by atoms with van der Waals surface area (Å²) < 4.78 is 4.89. The van der Waals surface area contributed by atoms with Gasteiger partial charge in [0.15, 0.2) is 12.4 Å². The van der Waals surface area contributed by atoms with Crippen LogP contribution >= 0.6 is 11.6 Å². The molecular formula is C16H12ClNO5. The van der Waals surface area contributed by atoms with E-state index in [-0.39, 0.29) is 11.3 Å². The Hall–Kier alpha value is -2.73. The smallest absolute Gasteiger partial charge is 0.345 e. The fourth-order valence-electron chi connectivity index (χ4n) is 1.99. The number of aryl methyl sites for hydroxylation is 1. The lowest BCUT2D eigenvalue weighted by molar-refractivity contribution is -0.385. The lowest BCUT2D eigenvalue weighted by Crippen LogP contribution is -2.15. The molecule has 0 aliphatic carbocycles. The molecule has 0 atom stereocenters. The van der Waals surface area contributed by atoms with Crippen molar-refractivity contribution < 1.29 is 19.2 Å². The van der Waals surface area contributed by atoms with Gasteiger partial charge in [0.25, 0.3) is 5.69 Å². The van der Waals surface area contributed by atoms with Crippen molar-refractivity contribution in [2.75, 3.05) is 6.61 Å². The maximum absolute atomic E-state index is 12.0. The minimum atomic E-state index is -0.914. The van der Waals surface area contributed by atoms with Crippen LogP contribution in [0.3, 0.4) is 0 Å². The maximum Gasteiger partial charge on any atom is 0.345 e. The first-order valence-corrected chi connectivity index (χ1v) is 6.98. The number of ether oxygens (including phenoxy) is 1. The zero-order valence-corrected chi connectivity index (χ0v) is 12.9. The van der Waals surface area contributed by atoms with Crippen LogP contribution in [-0.2, 0) is 4.74 Å². The number of carbonyl (C=O) groups is 2. The number of ketones is 1. The van der Waals surface area contributed by atoms with Gasteiger partial charge in [0.2, 0.25) is 0 Å². The average Bonchev–Trinajstić information content (AvgIpc) is 2.52. The van der Waals surface area contributed by atoms with Crippen LogP contribution in [-0.4, -0.2) is 23.3 Å². The lowest BCUT2D eigenvalue weighted by Gasteiger charge is -2.06. The summed E-state index contributed by atoms with van der Waals surface area (Å²) in [6, 6.07) is 10.4. The third kappa shape index (κ3) is 3.92. The monoisotopic (exact) mass is 333 g/mol. The molecule has 6 nitrogen and oxygen atoms in total. The third-order valence-electron chi connectivity index (χ3n) is 3.14. The van der Waals surface area contributed by atoms with E-state index in [0.717, 1.165) is 0 Å². The molecule has 0 aliphatic heterocycles. The summed E-state index contributed by atoms with van der Waals surface area (Å²) in [6.45, 7) is 1.01. The molecule has 2 aromatic rings. The van der Waals surface area contributed by atoms with Gasteiger partial charge in [-0.25, -0.2) is 4.79 Å². The fourth-order valence-corrected chi connectivity index (χ4v) is 2.12. The van der Waals surface area contributed by atoms with Crippen molar-refractivity contribution in [3.63, 3.8) is 0 Å². The van der Waals surface area contributed by atoms with Gasteiger partial charge in [-0.2, -0.15) is 0 Å². The Kier molecular flexibility index (Phi) is 5.08. The highest BCUT2D eigenvalue weighted by Crippen LogP contribution is 2.23. The Morgan fingerprint density at radius 1 is 1.17 bits per heavy atom. The second-order valence-corrected chi connectivity index (χ2v) is 5.17. The van der Waals surface area contributed by atoms with Gasteiger partial charge in [-0.15, -0.1) is 0 Å². The molecule has 2 rings (SSSR count). The van der Waals surface area contributed by atoms with Crippen molar-refractivity contribution in [2.45, 2.75) is 6.92 Å². The van der Waals surface area contributed by atoms with Gasteiger partial charge in [-0.1, -0.05) is 23.7 Å². The molecule has 7 heteroatoms. The Bertz CT molecular complexity index is 771. The largest absolute Gasteiger partial charge is 0.454 e. The first-order valence-electron chi connectivity index (χ1n) is 6.60. The van der Waals surface area contributed by atoms with Gasteiger partial charge in [0.1, 0.15) is 5.56 Å². The molecule has 0 amide bonds. The normalized spacial score (nSPS) is 10.2. The second-order valence-electron chi connectivity index (χ2n) is 4.73. The summed E-state index contributed by atoms with van der Waals surface area (Å²) in [5.74, 6) is -1.34. The molecule has 118 valence electrons. The number of halogens is 1. The third-order valence-corrected chi connectivity index (χ3v) is 3.39. The highest BCUT2D eigenvalue weighted by molar-refractivity contribution is 6.30. The minimum Gasteiger partial charge on any atom is -0.454 e. The quantitative estimate of drug-likeness (QED) is 0.361. The van der Waals surface area contributed by atoms with Crippen molar-refractivity contribution in [2.24, 2.45) is 0 Å². The van der Waals surface area contributed by atoms with E-state index in [0.29, 0.717) is 16.1 Å². The Morgan fingerprint density at radius 3 is 2.43 bits per heavy atom. The summed E-state index contributed by atoms with van der Waals surface area (Å²) >= 11 is 5.73. The molecule has 0 aromatic heterocycles. The number of hydrogen-bond donors (Lipinski definition) is 0. The van der Waals surface area contributed by atoms with E-state index < -0.39 is 23.3 Å². The fraction of sp³-hybridized carbons (Fsp3) is 0.125. The van der Waals surface area contributed by atoms with E-state index in [4.69, 9.17) is 16.3 Å². The predicted molar refractivity (Wildman–Crippen MR) is 83.9 cm³/mol. The Morgan fingerprint density at radius 2 is 1.83 bits per heavy atom. The van der Waals surface area contributed by atoms with Crippen LogP contribution in [0.4, 0.5) is 5.69 Å². The minimum absolute atomic E-state index is 0.182. The van der Waals surface area contributed by atoms with Crippen molar-refractivity contribution >= 4 is 29.0 Å². The molecule has 2 aromatic carbocycles. The molecule has 0 radical (unpaired) electrons. The Labute approximate surface area is 136 Å². The van der Waals surface area contributed by atoms with E-state index in [1.165, 1.54) is 37.3 Å². The van der Waals surface area contributed by atoms with Crippen LogP contribution in [0.25, 0.3) is 0 Å². The number of para-hydroxylation sites is 1. The van der Waals surface area contributed by atoms with Crippen LogP contribution in [0.5, 0.6) is 0 Å². The van der Waals surface area contributed by atoms with E-state index in [1.54, 1.807) is 12.1 Å². The number of rotatable bonds is 5. The SMILES string of the molecule is Cc1cccc(C(=O)OCC(=O)c2ccc(Cl)cc2)c1[N+](=O)[O-]. The van der Waals surface area contributed by atoms with Gasteiger partial charge in [0, 0.05) is 16.1 Å². The molecule has 0 saturated carbocycles. The molecule has 0 aliphatic rings. The van der Waals surface area contributed by atoms with Crippen LogP contribution in [0.15, 0.2) is 42.5 Å². The first kappa shape index (κ1) is 16.6. The van der Waals surface area contributed by atoms with Gasteiger partial charge in [0.05, 0.1) is 4.92 Å². The molecule has 0 N–H and O–H groups in total. The van der Waals surface area contributed by atoms with Gasteiger partial charge in [-0.3, -0.25) is 14.9 Å². The zero-order valence-electron chi connectivity index (χ0n) is 12.1. The first-order chi connectivity index (χ1) is 10.9. The highest BCUT2D eigenvalue weighted by atomic mass is 35.5. The van der Waals surface area contributed by atoms with Crippen molar-refractivity contribution in [3.05, 3.63) is 74.3 Å². The van der Waals surface area contributed by atoms with Gasteiger partial charge in [-0.05, 0) is 37.3 Å². The molecular weight excluding hydrogens is 322 g/mol. The number of nitro benzene ring substituents is 1. The summed E-state index contributed by atoms with van der Waals surface area (Å²) in [5, 5.41) is 11.5. The molecule has 0 saturated heterocycles. The summed E-state index contributed by atoms with van der Waals surface area (Å²) in [7, 11) is 0. The highest BCUT2D eigenvalue weighted by Gasteiger charge is 2.24. The average molecular weight is 334 g/mol.